The molecule has 0 amide bonds. The van der Waals surface area contributed by atoms with E-state index in [1.54, 1.807) is 0 Å². The molecule has 1 aromatic heterocycles. The summed E-state index contributed by atoms with van der Waals surface area (Å²) in [6.07, 6.45) is 0. The smallest absolute Gasteiger partial charge is 0.136 e. The monoisotopic (exact) mass is 795 g/mol. The Bertz CT molecular complexity index is 3370. The second kappa shape index (κ2) is 13.5. The van der Waals surface area contributed by atoms with E-state index in [4.69, 9.17) is 4.42 Å². The highest BCUT2D eigenvalue weighted by atomic mass is 16.3. The first-order chi connectivity index (χ1) is 30.3. The Balaban J connectivity index is 1.02. The summed E-state index contributed by atoms with van der Waals surface area (Å²) in [5, 5.41) is 2.31. The third-order valence-electron chi connectivity index (χ3n) is 13.9. The molecule has 62 heavy (non-hydrogen) atoms. The Morgan fingerprint density at radius 3 is 1.60 bits per heavy atom. The van der Waals surface area contributed by atoms with Gasteiger partial charge in [-0.15, -0.1) is 0 Å². The van der Waals surface area contributed by atoms with E-state index in [0.29, 0.717) is 0 Å². The van der Waals surface area contributed by atoms with Crippen molar-refractivity contribution in [3.8, 4) is 55.6 Å². The van der Waals surface area contributed by atoms with E-state index in [2.05, 4.69) is 233 Å². The van der Waals surface area contributed by atoms with Gasteiger partial charge in [0.25, 0.3) is 0 Å². The minimum absolute atomic E-state index is 0.0534. The first-order valence-corrected chi connectivity index (χ1v) is 21.8. The van der Waals surface area contributed by atoms with Crippen LogP contribution in [0.3, 0.4) is 0 Å². The van der Waals surface area contributed by atoms with E-state index in [9.17, 15) is 0 Å². The molecule has 2 nitrogen and oxygen atoms in total. The van der Waals surface area contributed by atoms with Crippen molar-refractivity contribution in [1.82, 2.24) is 0 Å². The predicted molar refractivity (Wildman–Crippen MR) is 260 cm³/mol. The van der Waals surface area contributed by atoms with E-state index in [-0.39, 0.29) is 10.8 Å². The summed E-state index contributed by atoms with van der Waals surface area (Å²) in [7, 11) is 0. The lowest BCUT2D eigenvalue weighted by molar-refractivity contribution is 0.647. The lowest BCUT2D eigenvalue weighted by Crippen LogP contribution is -2.15. The molecule has 0 N–H and O–H groups in total. The Labute approximate surface area is 363 Å². The molecule has 0 spiro atoms. The van der Waals surface area contributed by atoms with Crippen molar-refractivity contribution in [2.45, 2.75) is 38.5 Å². The number of hydrogen-bond donors (Lipinski definition) is 0. The summed E-state index contributed by atoms with van der Waals surface area (Å²) in [5.41, 5.74) is 22.8. The number of benzene rings is 9. The van der Waals surface area contributed by atoms with Crippen molar-refractivity contribution in [2.24, 2.45) is 0 Å². The fourth-order valence-corrected chi connectivity index (χ4v) is 10.7. The molecule has 0 unspecified atom stereocenters. The quantitative estimate of drug-likeness (QED) is 0.167. The fourth-order valence-electron chi connectivity index (χ4n) is 10.7. The maximum Gasteiger partial charge on any atom is 0.136 e. The zero-order valence-corrected chi connectivity index (χ0v) is 35.4. The van der Waals surface area contributed by atoms with Gasteiger partial charge in [0.15, 0.2) is 0 Å². The van der Waals surface area contributed by atoms with Crippen LogP contribution in [0.4, 0.5) is 17.1 Å². The molecular formula is C60H45NO. The van der Waals surface area contributed by atoms with E-state index < -0.39 is 0 Å². The largest absolute Gasteiger partial charge is 0.456 e. The Hall–Kier alpha value is -7.42. The van der Waals surface area contributed by atoms with Crippen LogP contribution in [0, 0.1) is 0 Å². The van der Waals surface area contributed by atoms with E-state index in [0.717, 1.165) is 33.6 Å². The number of hydrogen-bond acceptors (Lipinski definition) is 2. The number of fused-ring (bicyclic) bond motifs is 9. The predicted octanol–water partition coefficient (Wildman–Crippen LogP) is 16.7. The van der Waals surface area contributed by atoms with Gasteiger partial charge in [-0.25, -0.2) is 0 Å². The average molecular weight is 796 g/mol. The van der Waals surface area contributed by atoms with Gasteiger partial charge in [-0.1, -0.05) is 173 Å². The average Bonchev–Trinajstić information content (AvgIpc) is 3.88. The molecule has 12 rings (SSSR count). The van der Waals surface area contributed by atoms with E-state index >= 15 is 0 Å². The number of furan rings is 1. The highest BCUT2D eigenvalue weighted by Gasteiger charge is 2.40. The fraction of sp³-hybridized carbons (Fsp3) is 0.100. The third kappa shape index (κ3) is 5.43. The maximum absolute atomic E-state index is 6.63. The molecular weight excluding hydrogens is 751 g/mol. The van der Waals surface area contributed by atoms with Crippen LogP contribution in [0.2, 0.25) is 0 Å². The topological polar surface area (TPSA) is 16.4 Å². The highest BCUT2D eigenvalue weighted by Crippen LogP contribution is 2.57. The van der Waals surface area contributed by atoms with E-state index in [1.807, 2.05) is 0 Å². The van der Waals surface area contributed by atoms with Gasteiger partial charge in [-0.3, -0.25) is 0 Å². The zero-order valence-electron chi connectivity index (χ0n) is 35.4. The normalized spacial score (nSPS) is 14.1. The minimum Gasteiger partial charge on any atom is -0.456 e. The standard InChI is InChI=1S/C60H45NO/c1-59(2)50-21-13-11-19-46(50)47-33-27-42(35-52(47)59)40-25-30-44(31-26-40)61(43-28-23-39(24-29-43)38-15-7-5-8-16-38)45-32-34-51-49(36-45)57-53(60(51,3)4)37-55-58(48-20-12-14-22-54(48)62-55)56(57)41-17-9-6-10-18-41/h5-37H,1-4H3. The molecule has 10 aromatic rings. The molecule has 0 saturated heterocycles. The van der Waals surface area contributed by atoms with Gasteiger partial charge in [-0.05, 0) is 127 Å². The van der Waals surface area contributed by atoms with Crippen molar-refractivity contribution in [2.75, 3.05) is 4.90 Å². The minimum atomic E-state index is -0.241. The van der Waals surface area contributed by atoms with Gasteiger partial charge < -0.3 is 9.32 Å². The first kappa shape index (κ1) is 36.4. The van der Waals surface area contributed by atoms with Gasteiger partial charge in [0.2, 0.25) is 0 Å². The SMILES string of the molecule is CC1(C)c2ccccc2-c2ccc(-c3ccc(N(c4ccc(-c5ccccc5)cc4)c4ccc5c(c4)-c4c(cc6oc7ccccc7c6c4-c4ccccc4)C5(C)C)cc3)cc21. The molecule has 2 aliphatic rings. The summed E-state index contributed by atoms with van der Waals surface area (Å²) < 4.78 is 6.63. The molecule has 0 bridgehead atoms. The van der Waals surface area contributed by atoms with Gasteiger partial charge in [-0.2, -0.15) is 0 Å². The molecule has 2 aliphatic carbocycles. The molecule has 0 fully saturated rings. The van der Waals surface area contributed by atoms with Crippen LogP contribution in [0.1, 0.15) is 49.9 Å². The Morgan fingerprint density at radius 1 is 0.339 bits per heavy atom. The molecule has 0 saturated carbocycles. The summed E-state index contributed by atoms with van der Waals surface area (Å²) in [6.45, 7) is 9.42. The van der Waals surface area contributed by atoms with Gasteiger partial charge >= 0.3 is 0 Å². The summed E-state index contributed by atoms with van der Waals surface area (Å²) in [4.78, 5) is 2.42. The second-order valence-electron chi connectivity index (χ2n) is 18.1. The van der Waals surface area contributed by atoms with Crippen LogP contribution >= 0.6 is 0 Å². The van der Waals surface area contributed by atoms with Gasteiger partial charge in [0, 0.05) is 44.2 Å². The number of para-hydroxylation sites is 1. The van der Waals surface area contributed by atoms with Gasteiger partial charge in [0.05, 0.1) is 0 Å². The van der Waals surface area contributed by atoms with Crippen molar-refractivity contribution in [1.29, 1.82) is 0 Å². The lowest BCUT2D eigenvalue weighted by Gasteiger charge is -2.27. The van der Waals surface area contributed by atoms with Crippen LogP contribution in [-0.4, -0.2) is 0 Å². The van der Waals surface area contributed by atoms with Crippen LogP contribution in [0.25, 0.3) is 77.6 Å². The van der Waals surface area contributed by atoms with Crippen LogP contribution in [0.5, 0.6) is 0 Å². The number of anilines is 3. The molecule has 0 atom stereocenters. The Kier molecular flexibility index (Phi) is 7.96. The summed E-state index contributed by atoms with van der Waals surface area (Å²) in [5.74, 6) is 0. The maximum atomic E-state index is 6.63. The molecule has 0 radical (unpaired) electrons. The van der Waals surface area contributed by atoms with Crippen LogP contribution in [0.15, 0.2) is 205 Å². The molecule has 296 valence electrons. The molecule has 1 heterocycles. The van der Waals surface area contributed by atoms with Crippen molar-refractivity contribution in [3.63, 3.8) is 0 Å². The van der Waals surface area contributed by atoms with Crippen LogP contribution < -0.4 is 4.90 Å². The molecule has 0 aliphatic heterocycles. The summed E-state index contributed by atoms with van der Waals surface area (Å²) in [6, 6.07) is 73.4. The second-order valence-corrected chi connectivity index (χ2v) is 18.1. The Morgan fingerprint density at radius 2 is 0.871 bits per heavy atom. The van der Waals surface area contributed by atoms with Crippen molar-refractivity contribution >= 4 is 39.0 Å². The summed E-state index contributed by atoms with van der Waals surface area (Å²) >= 11 is 0. The molecule has 2 heteroatoms. The number of nitrogens with zero attached hydrogens (tertiary/aromatic N) is 1. The third-order valence-corrected chi connectivity index (χ3v) is 13.9. The van der Waals surface area contributed by atoms with Crippen molar-refractivity contribution < 1.29 is 4.42 Å². The highest BCUT2D eigenvalue weighted by molar-refractivity contribution is 6.17. The van der Waals surface area contributed by atoms with Crippen LogP contribution in [-0.2, 0) is 10.8 Å². The van der Waals surface area contributed by atoms with E-state index in [1.165, 1.54) is 83.3 Å². The zero-order chi connectivity index (χ0) is 41.7. The molecule has 9 aromatic carbocycles. The lowest BCUT2D eigenvalue weighted by atomic mass is 9.81. The number of rotatable bonds is 6. The first-order valence-electron chi connectivity index (χ1n) is 21.8. The van der Waals surface area contributed by atoms with Crippen molar-refractivity contribution in [3.05, 3.63) is 222 Å². The van der Waals surface area contributed by atoms with Gasteiger partial charge in [0.1, 0.15) is 11.2 Å².